The number of pyridine rings is 1. The molecule has 27 heavy (non-hydrogen) atoms. The predicted octanol–water partition coefficient (Wildman–Crippen LogP) is 4.97. The van der Waals surface area contributed by atoms with Gasteiger partial charge in [-0.1, -0.05) is 43.6 Å². The van der Waals surface area contributed by atoms with Gasteiger partial charge < -0.3 is 10.1 Å². The maximum absolute atomic E-state index is 12.6. The number of nitrogens with one attached hydrogen (secondary N) is 1. The van der Waals surface area contributed by atoms with Crippen molar-refractivity contribution in [2.24, 2.45) is 0 Å². The quantitative estimate of drug-likeness (QED) is 0.580. The summed E-state index contributed by atoms with van der Waals surface area (Å²) in [5.41, 5.74) is 4.29. The highest BCUT2D eigenvalue weighted by Crippen LogP contribution is 2.28. The van der Waals surface area contributed by atoms with Crippen LogP contribution in [0.5, 0.6) is 0 Å². The summed E-state index contributed by atoms with van der Waals surface area (Å²) in [7, 11) is 0. The molecule has 2 aromatic rings. The van der Waals surface area contributed by atoms with Crippen molar-refractivity contribution in [1.29, 1.82) is 0 Å². The number of nitrogens with zero attached hydrogens (tertiary/aromatic N) is 1. The van der Waals surface area contributed by atoms with Crippen molar-refractivity contribution in [1.82, 2.24) is 4.98 Å². The van der Waals surface area contributed by atoms with Gasteiger partial charge in [-0.3, -0.25) is 4.79 Å². The number of ether oxygens (including phenoxy) is 1. The van der Waals surface area contributed by atoms with E-state index in [2.05, 4.69) is 24.1 Å². The summed E-state index contributed by atoms with van der Waals surface area (Å²) >= 11 is 6.09. The highest BCUT2D eigenvalue weighted by Gasteiger charge is 2.24. The first kappa shape index (κ1) is 20.9. The van der Waals surface area contributed by atoms with Crippen molar-refractivity contribution in [3.05, 3.63) is 57.4 Å². The molecule has 5 nitrogen and oxygen atoms in total. The highest BCUT2D eigenvalue weighted by atomic mass is 35.5. The molecule has 0 spiro atoms. The van der Waals surface area contributed by atoms with Gasteiger partial charge in [0.25, 0.3) is 5.91 Å². The Bertz CT molecular complexity index is 855. The van der Waals surface area contributed by atoms with Gasteiger partial charge in [-0.05, 0) is 56.4 Å². The van der Waals surface area contributed by atoms with E-state index in [-0.39, 0.29) is 16.6 Å². The number of hydrogen-bond acceptors (Lipinski definition) is 4. The van der Waals surface area contributed by atoms with E-state index < -0.39 is 18.0 Å². The lowest BCUT2D eigenvalue weighted by Crippen LogP contribution is -2.31. The first-order valence-electron chi connectivity index (χ1n) is 8.87. The highest BCUT2D eigenvalue weighted by molar-refractivity contribution is 6.32. The zero-order chi connectivity index (χ0) is 20.3. The summed E-state index contributed by atoms with van der Waals surface area (Å²) in [6, 6.07) is 7.61. The summed E-state index contributed by atoms with van der Waals surface area (Å²) in [6.45, 7) is 11.1. The van der Waals surface area contributed by atoms with Gasteiger partial charge in [-0.2, -0.15) is 0 Å². The molecule has 1 aromatic carbocycles. The van der Waals surface area contributed by atoms with E-state index in [1.165, 1.54) is 6.92 Å². The molecule has 1 heterocycles. The number of hydrogen-bond donors (Lipinski definition) is 1. The molecule has 2 rings (SSSR count). The molecule has 1 N–H and O–H groups in total. The second-order valence-electron chi connectivity index (χ2n) is 6.98. The smallest absolute Gasteiger partial charge is 0.342 e. The van der Waals surface area contributed by atoms with Crippen molar-refractivity contribution < 1.29 is 14.3 Å². The summed E-state index contributed by atoms with van der Waals surface area (Å²) in [5, 5.41) is 2.97. The second-order valence-corrected chi connectivity index (χ2v) is 7.33. The van der Waals surface area contributed by atoms with E-state index in [0.717, 1.165) is 16.8 Å². The van der Waals surface area contributed by atoms with Crippen LogP contribution >= 0.6 is 11.6 Å². The van der Waals surface area contributed by atoms with Gasteiger partial charge in [0.05, 0.1) is 5.56 Å². The lowest BCUT2D eigenvalue weighted by Gasteiger charge is -2.19. The van der Waals surface area contributed by atoms with E-state index >= 15 is 0 Å². The minimum atomic E-state index is -0.978. The molecule has 1 atom stereocenters. The van der Waals surface area contributed by atoms with E-state index in [0.29, 0.717) is 11.3 Å². The standard InChI is InChI=1S/C21H25ClN2O3/c1-11(2)16-9-7-8-12(3)18(16)24-20(25)15(6)27-21(26)17-13(4)10-14(5)23-19(17)22/h7-11,15H,1-6H3,(H,24,25)/t15-/m0/s1. The van der Waals surface area contributed by atoms with Gasteiger partial charge in [0.2, 0.25) is 0 Å². The van der Waals surface area contributed by atoms with Crippen LogP contribution < -0.4 is 5.32 Å². The average Bonchev–Trinajstić information content (AvgIpc) is 2.55. The van der Waals surface area contributed by atoms with Crippen molar-refractivity contribution in [3.63, 3.8) is 0 Å². The Hall–Kier alpha value is -2.40. The van der Waals surface area contributed by atoms with Crippen LogP contribution in [0.25, 0.3) is 0 Å². The fourth-order valence-electron chi connectivity index (χ4n) is 2.88. The van der Waals surface area contributed by atoms with Crippen molar-refractivity contribution >= 4 is 29.2 Å². The zero-order valence-corrected chi connectivity index (χ0v) is 17.3. The van der Waals surface area contributed by atoms with Crippen molar-refractivity contribution in [3.8, 4) is 0 Å². The third-order valence-electron chi connectivity index (χ3n) is 4.33. The first-order chi connectivity index (χ1) is 12.6. The number of carbonyl (C=O) groups is 2. The number of carbonyl (C=O) groups excluding carboxylic acids is 2. The lowest BCUT2D eigenvalue weighted by molar-refractivity contribution is -0.123. The zero-order valence-electron chi connectivity index (χ0n) is 16.5. The van der Waals surface area contributed by atoms with Crippen LogP contribution in [-0.4, -0.2) is 23.0 Å². The maximum Gasteiger partial charge on any atom is 0.342 e. The predicted molar refractivity (Wildman–Crippen MR) is 107 cm³/mol. The second kappa shape index (κ2) is 8.53. The summed E-state index contributed by atoms with van der Waals surface area (Å²) in [4.78, 5) is 29.2. The average molecular weight is 389 g/mol. The van der Waals surface area contributed by atoms with Crippen LogP contribution in [0.1, 0.15) is 59.4 Å². The normalized spacial score (nSPS) is 12.0. The van der Waals surface area contributed by atoms with Gasteiger partial charge in [0.1, 0.15) is 5.15 Å². The number of benzene rings is 1. The minimum Gasteiger partial charge on any atom is -0.449 e. The lowest BCUT2D eigenvalue weighted by atomic mass is 9.98. The molecule has 1 amide bonds. The maximum atomic E-state index is 12.6. The Morgan fingerprint density at radius 3 is 2.37 bits per heavy atom. The molecular weight excluding hydrogens is 364 g/mol. The van der Waals surface area contributed by atoms with Crippen LogP contribution in [0.15, 0.2) is 24.3 Å². The van der Waals surface area contributed by atoms with Gasteiger partial charge in [-0.15, -0.1) is 0 Å². The largest absolute Gasteiger partial charge is 0.449 e. The topological polar surface area (TPSA) is 68.3 Å². The molecule has 0 radical (unpaired) electrons. The number of halogens is 1. The van der Waals surface area contributed by atoms with Gasteiger partial charge >= 0.3 is 5.97 Å². The molecule has 6 heteroatoms. The Morgan fingerprint density at radius 1 is 1.11 bits per heavy atom. The molecule has 0 saturated carbocycles. The molecule has 144 valence electrons. The summed E-state index contributed by atoms with van der Waals surface area (Å²) < 4.78 is 5.34. The molecule has 0 fully saturated rings. The number of amides is 1. The Kier molecular flexibility index (Phi) is 6.60. The fourth-order valence-corrected chi connectivity index (χ4v) is 3.24. The minimum absolute atomic E-state index is 0.0751. The monoisotopic (exact) mass is 388 g/mol. The Labute approximate surface area is 165 Å². The SMILES string of the molecule is Cc1cc(C)c(C(=O)O[C@@H](C)C(=O)Nc2c(C)cccc2C(C)C)c(Cl)n1. The van der Waals surface area contributed by atoms with Crippen molar-refractivity contribution in [2.75, 3.05) is 5.32 Å². The molecule has 0 aliphatic rings. The Morgan fingerprint density at radius 2 is 1.78 bits per heavy atom. The molecule has 0 bridgehead atoms. The van der Waals surface area contributed by atoms with Gasteiger partial charge in [0.15, 0.2) is 6.10 Å². The van der Waals surface area contributed by atoms with Gasteiger partial charge in [-0.25, -0.2) is 9.78 Å². The molecule has 1 aromatic heterocycles. The van der Waals surface area contributed by atoms with Crippen molar-refractivity contribution in [2.45, 2.75) is 53.6 Å². The molecule has 0 aliphatic heterocycles. The van der Waals surface area contributed by atoms with Crippen LogP contribution in [0.3, 0.4) is 0 Å². The van der Waals surface area contributed by atoms with E-state index in [1.54, 1.807) is 19.9 Å². The first-order valence-corrected chi connectivity index (χ1v) is 9.24. The third kappa shape index (κ3) is 4.86. The van der Waals surface area contributed by atoms with E-state index in [1.807, 2.05) is 25.1 Å². The number of aromatic nitrogens is 1. The van der Waals surface area contributed by atoms with E-state index in [9.17, 15) is 9.59 Å². The van der Waals surface area contributed by atoms with Gasteiger partial charge in [0, 0.05) is 11.4 Å². The van der Waals surface area contributed by atoms with Crippen LogP contribution in [0.4, 0.5) is 5.69 Å². The Balaban J connectivity index is 2.17. The number of rotatable bonds is 5. The molecule has 0 aliphatic carbocycles. The number of anilines is 1. The fraction of sp³-hybridized carbons (Fsp3) is 0.381. The molecule has 0 saturated heterocycles. The summed E-state index contributed by atoms with van der Waals surface area (Å²) in [6.07, 6.45) is -0.978. The molecule has 0 unspecified atom stereocenters. The van der Waals surface area contributed by atoms with Crippen LogP contribution in [-0.2, 0) is 9.53 Å². The summed E-state index contributed by atoms with van der Waals surface area (Å²) in [5.74, 6) is -0.812. The van der Waals surface area contributed by atoms with E-state index in [4.69, 9.17) is 16.3 Å². The molecular formula is C21H25ClN2O3. The number of para-hydroxylation sites is 1. The number of aryl methyl sites for hydroxylation is 3. The third-order valence-corrected chi connectivity index (χ3v) is 4.61. The van der Waals surface area contributed by atoms with Crippen LogP contribution in [0.2, 0.25) is 5.15 Å². The number of esters is 1. The van der Waals surface area contributed by atoms with Crippen LogP contribution in [0, 0.1) is 20.8 Å².